The molecule has 0 aliphatic carbocycles. The fourth-order valence-corrected chi connectivity index (χ4v) is 3.10. The summed E-state index contributed by atoms with van der Waals surface area (Å²) in [7, 11) is 0. The highest BCUT2D eigenvalue weighted by molar-refractivity contribution is 5.93. The van der Waals surface area contributed by atoms with Crippen molar-refractivity contribution in [3.05, 3.63) is 11.8 Å². The molecule has 6 heteroatoms. The van der Waals surface area contributed by atoms with E-state index in [0.717, 1.165) is 51.8 Å². The highest BCUT2D eigenvalue weighted by Crippen LogP contribution is 2.19. The number of hydrogen-bond donors (Lipinski definition) is 1. The molecule has 1 amide bonds. The van der Waals surface area contributed by atoms with E-state index in [2.05, 4.69) is 22.3 Å². The Morgan fingerprint density at radius 3 is 2.96 bits per heavy atom. The molecule has 130 valence electrons. The number of nitrogens with one attached hydrogen (secondary N) is 1. The molecule has 1 N–H and O–H groups in total. The maximum atomic E-state index is 12.6. The monoisotopic (exact) mass is 323 g/mol. The van der Waals surface area contributed by atoms with E-state index >= 15 is 0 Å². The quantitative estimate of drug-likeness (QED) is 0.835. The van der Waals surface area contributed by atoms with Gasteiger partial charge in [0.05, 0.1) is 12.1 Å². The van der Waals surface area contributed by atoms with Gasteiger partial charge in [0, 0.05) is 19.2 Å². The van der Waals surface area contributed by atoms with Crippen molar-refractivity contribution in [1.82, 2.24) is 10.1 Å². The van der Waals surface area contributed by atoms with Crippen molar-refractivity contribution in [2.75, 3.05) is 25.0 Å². The van der Waals surface area contributed by atoms with Gasteiger partial charge in [0.25, 0.3) is 0 Å². The third-order valence-corrected chi connectivity index (χ3v) is 4.28. The molecule has 1 aromatic heterocycles. The van der Waals surface area contributed by atoms with E-state index in [-0.39, 0.29) is 11.9 Å². The number of carbonyl (C=O) groups excluding carboxylic acids is 1. The van der Waals surface area contributed by atoms with Crippen molar-refractivity contribution in [2.24, 2.45) is 0 Å². The zero-order chi connectivity index (χ0) is 16.7. The van der Waals surface area contributed by atoms with Crippen LogP contribution in [0.25, 0.3) is 0 Å². The Kier molecular flexibility index (Phi) is 7.05. The molecule has 1 aliphatic heterocycles. The molecule has 1 saturated heterocycles. The van der Waals surface area contributed by atoms with Gasteiger partial charge in [-0.1, -0.05) is 19.0 Å². The number of ether oxygens (including phenoxy) is 1. The van der Waals surface area contributed by atoms with Crippen molar-refractivity contribution < 1.29 is 14.1 Å². The standard InChI is InChI=1S/C17H29N3O3/c1-4-11-22-14-7-6-9-20(10-8-14)15(5-2)17(21)18-16-12-13(3)23-19-16/h12,14-15H,4-11H2,1-3H3,(H,18,19,21). The summed E-state index contributed by atoms with van der Waals surface area (Å²) in [5.74, 6) is 1.18. The summed E-state index contributed by atoms with van der Waals surface area (Å²) in [5, 5.41) is 6.70. The highest BCUT2D eigenvalue weighted by atomic mass is 16.5. The molecular formula is C17H29N3O3. The second-order valence-electron chi connectivity index (χ2n) is 6.20. The fraction of sp³-hybridized carbons (Fsp3) is 0.765. The number of anilines is 1. The molecule has 2 rings (SSSR count). The highest BCUT2D eigenvalue weighted by Gasteiger charge is 2.27. The van der Waals surface area contributed by atoms with E-state index in [0.29, 0.717) is 17.7 Å². The topological polar surface area (TPSA) is 67.6 Å². The van der Waals surface area contributed by atoms with Gasteiger partial charge in [-0.3, -0.25) is 9.69 Å². The largest absolute Gasteiger partial charge is 0.378 e. The molecule has 6 nitrogen and oxygen atoms in total. The van der Waals surface area contributed by atoms with E-state index in [1.807, 2.05) is 13.8 Å². The molecule has 1 aromatic rings. The van der Waals surface area contributed by atoms with Crippen molar-refractivity contribution >= 4 is 11.7 Å². The smallest absolute Gasteiger partial charge is 0.242 e. The summed E-state index contributed by atoms with van der Waals surface area (Å²) in [6, 6.07) is 1.61. The van der Waals surface area contributed by atoms with E-state index in [4.69, 9.17) is 9.26 Å². The van der Waals surface area contributed by atoms with Crippen LogP contribution in [0.5, 0.6) is 0 Å². The van der Waals surface area contributed by atoms with Gasteiger partial charge in [0.2, 0.25) is 5.91 Å². The zero-order valence-corrected chi connectivity index (χ0v) is 14.5. The first-order valence-electron chi connectivity index (χ1n) is 8.73. The fourth-order valence-electron chi connectivity index (χ4n) is 3.10. The van der Waals surface area contributed by atoms with Gasteiger partial charge in [-0.25, -0.2) is 0 Å². The third-order valence-electron chi connectivity index (χ3n) is 4.28. The van der Waals surface area contributed by atoms with Crippen LogP contribution in [-0.4, -0.2) is 47.8 Å². The predicted molar refractivity (Wildman–Crippen MR) is 89.4 cm³/mol. The summed E-state index contributed by atoms with van der Waals surface area (Å²) in [6.45, 7) is 8.66. The minimum absolute atomic E-state index is 0.00581. The van der Waals surface area contributed by atoms with Crippen molar-refractivity contribution in [1.29, 1.82) is 0 Å². The summed E-state index contributed by atoms with van der Waals surface area (Å²) in [4.78, 5) is 14.8. The number of rotatable bonds is 7. The lowest BCUT2D eigenvalue weighted by molar-refractivity contribution is -0.121. The van der Waals surface area contributed by atoms with Gasteiger partial charge >= 0.3 is 0 Å². The SMILES string of the molecule is CCCOC1CCCN(C(CC)C(=O)Nc2cc(C)on2)CC1. The maximum absolute atomic E-state index is 12.6. The molecule has 2 unspecified atom stereocenters. The Labute approximate surface area is 138 Å². The maximum Gasteiger partial charge on any atom is 0.242 e. The number of aryl methyl sites for hydroxylation is 1. The Hall–Kier alpha value is -1.40. The van der Waals surface area contributed by atoms with Gasteiger partial charge in [-0.15, -0.1) is 0 Å². The van der Waals surface area contributed by atoms with Gasteiger partial charge < -0.3 is 14.6 Å². The van der Waals surface area contributed by atoms with Gasteiger partial charge in [0.15, 0.2) is 5.82 Å². The number of likely N-dealkylation sites (tertiary alicyclic amines) is 1. The van der Waals surface area contributed by atoms with Crippen LogP contribution in [0.1, 0.15) is 51.7 Å². The van der Waals surface area contributed by atoms with E-state index in [9.17, 15) is 4.79 Å². The van der Waals surface area contributed by atoms with Crippen LogP contribution in [0.15, 0.2) is 10.6 Å². The lowest BCUT2D eigenvalue weighted by atomic mass is 10.1. The lowest BCUT2D eigenvalue weighted by Crippen LogP contribution is -2.44. The molecule has 0 aromatic carbocycles. The Morgan fingerprint density at radius 2 is 2.30 bits per heavy atom. The lowest BCUT2D eigenvalue weighted by Gasteiger charge is -2.28. The van der Waals surface area contributed by atoms with Crippen LogP contribution < -0.4 is 5.32 Å². The normalized spacial score (nSPS) is 20.9. The van der Waals surface area contributed by atoms with Crippen LogP contribution >= 0.6 is 0 Å². The van der Waals surface area contributed by atoms with Crippen LogP contribution in [0.3, 0.4) is 0 Å². The van der Waals surface area contributed by atoms with E-state index in [1.54, 1.807) is 6.07 Å². The predicted octanol–water partition coefficient (Wildman–Crippen LogP) is 2.98. The van der Waals surface area contributed by atoms with Gasteiger partial charge in [-0.2, -0.15) is 0 Å². The molecule has 1 fully saturated rings. The zero-order valence-electron chi connectivity index (χ0n) is 14.5. The number of carbonyl (C=O) groups is 1. The Morgan fingerprint density at radius 1 is 1.48 bits per heavy atom. The second-order valence-corrected chi connectivity index (χ2v) is 6.20. The molecule has 23 heavy (non-hydrogen) atoms. The first kappa shape index (κ1) is 17.9. The minimum atomic E-state index is -0.128. The van der Waals surface area contributed by atoms with Crippen LogP contribution in [0.2, 0.25) is 0 Å². The van der Waals surface area contributed by atoms with E-state index < -0.39 is 0 Å². The van der Waals surface area contributed by atoms with Crippen LogP contribution in [0.4, 0.5) is 5.82 Å². The van der Waals surface area contributed by atoms with Crippen LogP contribution in [0, 0.1) is 6.92 Å². The molecule has 0 radical (unpaired) electrons. The average molecular weight is 323 g/mol. The summed E-state index contributed by atoms with van der Waals surface area (Å²) < 4.78 is 10.9. The van der Waals surface area contributed by atoms with Gasteiger partial charge in [0.1, 0.15) is 5.76 Å². The molecule has 0 saturated carbocycles. The number of nitrogens with zero attached hydrogens (tertiary/aromatic N) is 2. The van der Waals surface area contributed by atoms with Gasteiger partial charge in [-0.05, 0) is 45.6 Å². The Balaban J connectivity index is 1.90. The average Bonchev–Trinajstić information content (AvgIpc) is 2.80. The van der Waals surface area contributed by atoms with Crippen molar-refractivity contribution in [3.8, 4) is 0 Å². The molecule has 2 heterocycles. The van der Waals surface area contributed by atoms with E-state index in [1.165, 1.54) is 0 Å². The minimum Gasteiger partial charge on any atom is -0.378 e. The number of amides is 1. The molecule has 2 atom stereocenters. The third kappa shape index (κ3) is 5.32. The Bertz CT molecular complexity index is 489. The first-order chi connectivity index (χ1) is 11.1. The van der Waals surface area contributed by atoms with Crippen molar-refractivity contribution in [3.63, 3.8) is 0 Å². The first-order valence-corrected chi connectivity index (χ1v) is 8.73. The second kappa shape index (κ2) is 9.03. The molecule has 0 spiro atoms. The summed E-state index contributed by atoms with van der Waals surface area (Å²) in [5.41, 5.74) is 0. The molecule has 1 aliphatic rings. The number of aromatic nitrogens is 1. The number of hydrogen-bond acceptors (Lipinski definition) is 5. The van der Waals surface area contributed by atoms with Crippen molar-refractivity contribution in [2.45, 2.75) is 65.0 Å². The molecule has 0 bridgehead atoms. The summed E-state index contributed by atoms with van der Waals surface area (Å²) in [6.07, 6.45) is 5.31. The van der Waals surface area contributed by atoms with Crippen LogP contribution in [-0.2, 0) is 9.53 Å². The summed E-state index contributed by atoms with van der Waals surface area (Å²) >= 11 is 0. The molecular weight excluding hydrogens is 294 g/mol.